The van der Waals surface area contributed by atoms with Crippen molar-refractivity contribution in [3.05, 3.63) is 40.1 Å². The molecule has 1 fully saturated rings. The molecule has 0 aliphatic carbocycles. The van der Waals surface area contributed by atoms with Gasteiger partial charge in [-0.25, -0.2) is 9.78 Å². The van der Waals surface area contributed by atoms with Crippen LogP contribution in [-0.4, -0.2) is 56.3 Å². The molecule has 14 heteroatoms. The molecule has 3 aromatic heterocycles. The van der Waals surface area contributed by atoms with Crippen LogP contribution >= 0.6 is 34.4 Å². The van der Waals surface area contributed by atoms with Gasteiger partial charge in [-0.1, -0.05) is 24.8 Å². The number of rotatable bonds is 4. The summed E-state index contributed by atoms with van der Waals surface area (Å²) < 4.78 is 47.0. The predicted molar refractivity (Wildman–Crippen MR) is 160 cm³/mol. The molecule has 0 spiro atoms. The highest BCUT2D eigenvalue weighted by Gasteiger charge is 2.41. The summed E-state index contributed by atoms with van der Waals surface area (Å²) >= 11 is 3.77. The van der Waals surface area contributed by atoms with Crippen LogP contribution in [0.5, 0.6) is 0 Å². The van der Waals surface area contributed by atoms with Crippen LogP contribution in [0.4, 0.5) is 24.1 Å². The molecule has 0 bridgehead atoms. The molecule has 0 saturated carbocycles. The number of piperazine rings is 1. The van der Waals surface area contributed by atoms with Crippen LogP contribution in [-0.2, 0) is 11.0 Å². The maximum atomic E-state index is 14.9. The van der Waals surface area contributed by atoms with E-state index in [9.17, 15) is 22.8 Å². The van der Waals surface area contributed by atoms with Crippen LogP contribution in [0.3, 0.4) is 0 Å². The minimum absolute atomic E-state index is 0.0305. The van der Waals surface area contributed by atoms with Crippen molar-refractivity contribution in [1.82, 2.24) is 19.4 Å². The number of carbonyl (C=O) groups excluding carboxylic acids is 1. The van der Waals surface area contributed by atoms with Crippen LogP contribution in [0.2, 0.25) is 0 Å². The summed E-state index contributed by atoms with van der Waals surface area (Å²) in [5, 5.41) is 2.33. The molecule has 5 heterocycles. The Morgan fingerprint density at radius 3 is 2.68 bits per heavy atom. The number of halogens is 3. The monoisotopic (exact) mass is 620 g/mol. The molecule has 1 unspecified atom stereocenters. The fraction of sp³-hybridized carbons (Fsp3) is 0.407. The van der Waals surface area contributed by atoms with Crippen LogP contribution in [0, 0.1) is 0 Å². The standard InChI is InChI=1S/C27H27F3N6O2S3/c1-5-14-10-39-23-19(22-20-17(11-40-22)41-25(31)32-20)16(27(28,29)30)7-15-21(23)36(14)26(38)33-24(15)35-9-12(3)34(8-13(35)4)18(37)6-2/h6-7,11-14H,2,5,8-10H2,1,3-4H3,(H2,31,32)/t12-,13+,14?/m1/s1. The Morgan fingerprint density at radius 2 is 2.00 bits per heavy atom. The van der Waals surface area contributed by atoms with E-state index >= 15 is 0 Å². The number of thioether (sulfide) groups is 1. The smallest absolute Gasteiger partial charge is 0.375 e. The number of hydrogen-bond acceptors (Lipinski definition) is 9. The molecule has 3 atom stereocenters. The first-order chi connectivity index (χ1) is 19.4. The van der Waals surface area contributed by atoms with Crippen molar-refractivity contribution in [1.29, 1.82) is 0 Å². The molecule has 2 aliphatic heterocycles. The molecule has 4 aromatic rings. The van der Waals surface area contributed by atoms with Gasteiger partial charge in [-0.15, -0.1) is 23.1 Å². The van der Waals surface area contributed by atoms with Gasteiger partial charge in [0.15, 0.2) is 5.13 Å². The molecular formula is C27H27F3N6O2S3. The van der Waals surface area contributed by atoms with Crippen LogP contribution in [0.1, 0.15) is 38.8 Å². The van der Waals surface area contributed by atoms with Gasteiger partial charge in [-0.2, -0.15) is 18.2 Å². The van der Waals surface area contributed by atoms with Gasteiger partial charge in [0.2, 0.25) is 5.91 Å². The number of fused-ring (bicyclic) bond motifs is 1. The van der Waals surface area contributed by atoms with E-state index in [1.807, 2.05) is 25.7 Å². The number of amides is 1. The average molecular weight is 621 g/mol. The molecule has 1 saturated heterocycles. The highest BCUT2D eigenvalue weighted by Crippen LogP contribution is 2.53. The number of carbonyl (C=O) groups is 1. The van der Waals surface area contributed by atoms with Crippen LogP contribution in [0.15, 0.2) is 33.8 Å². The number of hydrogen-bond donors (Lipinski definition) is 1. The van der Waals surface area contributed by atoms with Crippen molar-refractivity contribution >= 4 is 72.4 Å². The number of aromatic nitrogens is 3. The number of thiophene rings is 1. The summed E-state index contributed by atoms with van der Waals surface area (Å²) in [5.41, 5.74) is 5.55. The second-order valence-electron chi connectivity index (χ2n) is 10.4. The zero-order valence-electron chi connectivity index (χ0n) is 22.5. The normalized spacial score (nSPS) is 21.2. The van der Waals surface area contributed by atoms with Crippen LogP contribution < -0.4 is 16.3 Å². The van der Waals surface area contributed by atoms with Gasteiger partial charge in [0.1, 0.15) is 11.3 Å². The summed E-state index contributed by atoms with van der Waals surface area (Å²) in [7, 11) is 0. The van der Waals surface area contributed by atoms with Crippen molar-refractivity contribution in [3.8, 4) is 10.4 Å². The topological polar surface area (TPSA) is 97.4 Å². The molecule has 1 aromatic carbocycles. The second kappa shape index (κ2) is 10.0. The lowest BCUT2D eigenvalue weighted by atomic mass is 9.99. The summed E-state index contributed by atoms with van der Waals surface area (Å²) in [6.07, 6.45) is -2.81. The number of anilines is 2. The molecule has 6 rings (SSSR count). The van der Waals surface area contributed by atoms with E-state index in [1.54, 1.807) is 14.8 Å². The molecule has 41 heavy (non-hydrogen) atoms. The Balaban J connectivity index is 1.67. The minimum Gasteiger partial charge on any atom is -0.375 e. The van der Waals surface area contributed by atoms with E-state index in [1.165, 1.54) is 40.5 Å². The number of alkyl halides is 3. The summed E-state index contributed by atoms with van der Waals surface area (Å²) in [6.45, 7) is 9.89. The number of nitrogens with two attached hydrogens (primary N) is 1. The van der Waals surface area contributed by atoms with E-state index < -0.39 is 17.4 Å². The lowest BCUT2D eigenvalue weighted by Crippen LogP contribution is -2.58. The zero-order valence-corrected chi connectivity index (χ0v) is 24.9. The highest BCUT2D eigenvalue weighted by molar-refractivity contribution is 7.99. The zero-order chi connectivity index (χ0) is 29.4. The van der Waals surface area contributed by atoms with Gasteiger partial charge in [0.05, 0.1) is 20.7 Å². The van der Waals surface area contributed by atoms with E-state index in [4.69, 9.17) is 5.73 Å². The van der Waals surface area contributed by atoms with E-state index in [2.05, 4.69) is 16.5 Å². The average Bonchev–Trinajstić information content (AvgIpc) is 3.49. The Hall–Kier alpha value is -3.10. The van der Waals surface area contributed by atoms with E-state index in [0.29, 0.717) is 46.1 Å². The Kier molecular flexibility index (Phi) is 6.85. The molecule has 8 nitrogen and oxygen atoms in total. The third kappa shape index (κ3) is 4.41. The van der Waals surface area contributed by atoms with Gasteiger partial charge < -0.3 is 15.5 Å². The summed E-state index contributed by atoms with van der Waals surface area (Å²) in [4.78, 5) is 39.2. The lowest BCUT2D eigenvalue weighted by molar-refractivity contribution is -0.137. The molecular weight excluding hydrogens is 594 g/mol. The van der Waals surface area contributed by atoms with Crippen molar-refractivity contribution < 1.29 is 18.0 Å². The van der Waals surface area contributed by atoms with E-state index in [0.717, 1.165) is 10.8 Å². The first kappa shape index (κ1) is 28.0. The highest BCUT2D eigenvalue weighted by atomic mass is 32.2. The first-order valence-corrected chi connectivity index (χ1v) is 15.8. The van der Waals surface area contributed by atoms with Gasteiger partial charge in [0, 0.05) is 58.2 Å². The molecule has 1 amide bonds. The van der Waals surface area contributed by atoms with Gasteiger partial charge >= 0.3 is 11.9 Å². The maximum Gasteiger partial charge on any atom is 0.417 e. The Labute approximate surface area is 245 Å². The quantitative estimate of drug-likeness (QED) is 0.280. The number of thiazole rings is 1. The van der Waals surface area contributed by atoms with Crippen molar-refractivity contribution in [2.24, 2.45) is 0 Å². The first-order valence-electron chi connectivity index (χ1n) is 13.1. The Bertz CT molecular complexity index is 1780. The second-order valence-corrected chi connectivity index (χ2v) is 13.3. The molecule has 2 aliphatic rings. The van der Waals surface area contributed by atoms with Gasteiger partial charge in [0.25, 0.3) is 0 Å². The summed E-state index contributed by atoms with van der Waals surface area (Å²) in [5.74, 6) is 0.429. The number of nitrogens with zero attached hydrogens (tertiary/aromatic N) is 5. The molecule has 0 radical (unpaired) electrons. The van der Waals surface area contributed by atoms with Gasteiger partial charge in [-0.3, -0.25) is 9.36 Å². The summed E-state index contributed by atoms with van der Waals surface area (Å²) in [6, 6.07) is 0.360. The van der Waals surface area contributed by atoms with Gasteiger partial charge in [-0.05, 0) is 32.4 Å². The predicted octanol–water partition coefficient (Wildman–Crippen LogP) is 6.00. The SMILES string of the molecule is C=CC(=O)N1C[C@H](C)N(c2nc(=O)n3c4c(c(-c5scc6sc(N)nc56)c(C(F)(F)F)cc24)SCC3CC)C[C@H]1C. The van der Waals surface area contributed by atoms with Crippen molar-refractivity contribution in [3.63, 3.8) is 0 Å². The van der Waals surface area contributed by atoms with E-state index in [-0.39, 0.29) is 45.9 Å². The van der Waals surface area contributed by atoms with Crippen molar-refractivity contribution in [2.45, 2.75) is 56.4 Å². The molecule has 2 N–H and O–H groups in total. The fourth-order valence-corrected chi connectivity index (χ4v) is 9.29. The maximum absolute atomic E-state index is 14.9. The lowest BCUT2D eigenvalue weighted by Gasteiger charge is -2.45. The minimum atomic E-state index is -4.69. The number of benzene rings is 1. The third-order valence-corrected chi connectivity index (χ3v) is 11.0. The largest absolute Gasteiger partial charge is 0.417 e. The number of nitrogen functional groups attached to an aromatic ring is 1. The van der Waals surface area contributed by atoms with Crippen molar-refractivity contribution in [2.75, 3.05) is 29.5 Å². The van der Waals surface area contributed by atoms with Crippen LogP contribution in [0.25, 0.3) is 31.6 Å². The fourth-order valence-electron chi connectivity index (χ4n) is 5.84. The third-order valence-electron chi connectivity index (χ3n) is 7.82. The molecule has 216 valence electrons. The Morgan fingerprint density at radius 1 is 1.24 bits per heavy atom.